The summed E-state index contributed by atoms with van der Waals surface area (Å²) in [5.74, 6) is -0.375. The van der Waals surface area contributed by atoms with Crippen molar-refractivity contribution < 1.29 is 4.79 Å². The van der Waals surface area contributed by atoms with Gasteiger partial charge in [-0.05, 0) is 37.6 Å². The molecule has 3 rings (SSSR count). The van der Waals surface area contributed by atoms with Crippen LogP contribution in [0.5, 0.6) is 0 Å². The Balaban J connectivity index is 1.84. The zero-order chi connectivity index (χ0) is 16.4. The molecule has 0 aliphatic carbocycles. The van der Waals surface area contributed by atoms with Gasteiger partial charge < -0.3 is 5.32 Å². The molecule has 0 spiro atoms. The van der Waals surface area contributed by atoms with Gasteiger partial charge in [0, 0.05) is 5.69 Å². The molecule has 1 amide bonds. The summed E-state index contributed by atoms with van der Waals surface area (Å²) in [7, 11) is 0. The lowest BCUT2D eigenvalue weighted by atomic mass is 10.2. The van der Waals surface area contributed by atoms with Crippen LogP contribution in [-0.2, 0) is 0 Å². The number of rotatable bonds is 3. The third-order valence-electron chi connectivity index (χ3n) is 3.25. The number of carbonyl (C=O) groups is 1. The standard InChI is InChI=1S/C16H14ClN5O/c1-10-8-11(2)19-14(17)13(10)20-16(23)15-18-9-22(21-15)12-6-4-3-5-7-12/h3-9H,1-2H3,(H,20,23). The Bertz CT molecular complexity index is 837. The van der Waals surface area contributed by atoms with Crippen molar-refractivity contribution in [3.05, 3.63) is 65.0 Å². The number of nitrogens with one attached hydrogen (secondary N) is 1. The number of anilines is 1. The average Bonchev–Trinajstić information content (AvgIpc) is 3.01. The Morgan fingerprint density at radius 3 is 2.65 bits per heavy atom. The molecule has 0 bridgehead atoms. The molecule has 6 nitrogen and oxygen atoms in total. The lowest BCUT2D eigenvalue weighted by Gasteiger charge is -2.09. The van der Waals surface area contributed by atoms with E-state index in [1.807, 2.05) is 50.2 Å². The summed E-state index contributed by atoms with van der Waals surface area (Å²) < 4.78 is 1.54. The second kappa shape index (κ2) is 6.18. The van der Waals surface area contributed by atoms with Gasteiger partial charge in [-0.25, -0.2) is 14.6 Å². The lowest BCUT2D eigenvalue weighted by molar-refractivity contribution is 0.101. The number of halogens is 1. The van der Waals surface area contributed by atoms with Gasteiger partial charge in [-0.3, -0.25) is 4.79 Å². The molecule has 1 aromatic carbocycles. The number of hydrogen-bond donors (Lipinski definition) is 1. The van der Waals surface area contributed by atoms with E-state index < -0.39 is 5.91 Å². The average molecular weight is 328 g/mol. The SMILES string of the molecule is Cc1cc(C)c(NC(=O)c2ncn(-c3ccccc3)n2)c(Cl)n1. The van der Waals surface area contributed by atoms with Crippen LogP contribution in [0.25, 0.3) is 5.69 Å². The smallest absolute Gasteiger partial charge is 0.295 e. The number of para-hydroxylation sites is 1. The van der Waals surface area contributed by atoms with E-state index in [0.29, 0.717) is 5.69 Å². The van der Waals surface area contributed by atoms with Crippen molar-refractivity contribution in [1.29, 1.82) is 0 Å². The summed E-state index contributed by atoms with van der Waals surface area (Å²) >= 11 is 6.10. The normalized spacial score (nSPS) is 10.6. The summed E-state index contributed by atoms with van der Waals surface area (Å²) in [5.41, 5.74) is 2.92. The maximum Gasteiger partial charge on any atom is 0.295 e. The molecule has 0 unspecified atom stereocenters. The first-order valence-corrected chi connectivity index (χ1v) is 7.34. The highest BCUT2D eigenvalue weighted by molar-refractivity contribution is 6.32. The fourth-order valence-electron chi connectivity index (χ4n) is 2.18. The number of pyridine rings is 1. The molecule has 0 radical (unpaired) electrons. The van der Waals surface area contributed by atoms with Gasteiger partial charge in [0.1, 0.15) is 6.33 Å². The minimum Gasteiger partial charge on any atom is -0.316 e. The lowest BCUT2D eigenvalue weighted by Crippen LogP contribution is -2.16. The molecule has 116 valence electrons. The van der Waals surface area contributed by atoms with E-state index >= 15 is 0 Å². The van der Waals surface area contributed by atoms with E-state index in [2.05, 4.69) is 20.4 Å². The Morgan fingerprint density at radius 1 is 1.22 bits per heavy atom. The minimum absolute atomic E-state index is 0.0601. The zero-order valence-corrected chi connectivity index (χ0v) is 13.4. The van der Waals surface area contributed by atoms with Gasteiger partial charge in [0.2, 0.25) is 5.82 Å². The highest BCUT2D eigenvalue weighted by Crippen LogP contribution is 2.24. The zero-order valence-electron chi connectivity index (χ0n) is 12.6. The maximum absolute atomic E-state index is 12.3. The Kier molecular flexibility index (Phi) is 4.08. The number of carbonyl (C=O) groups excluding carboxylic acids is 1. The van der Waals surface area contributed by atoms with Crippen LogP contribution in [0.4, 0.5) is 5.69 Å². The third kappa shape index (κ3) is 3.22. The van der Waals surface area contributed by atoms with Crippen LogP contribution < -0.4 is 5.32 Å². The van der Waals surface area contributed by atoms with E-state index in [9.17, 15) is 4.79 Å². The van der Waals surface area contributed by atoms with Crippen LogP contribution in [0.15, 0.2) is 42.7 Å². The largest absolute Gasteiger partial charge is 0.316 e. The Labute approximate surface area is 138 Å². The van der Waals surface area contributed by atoms with Gasteiger partial charge in [-0.1, -0.05) is 29.8 Å². The van der Waals surface area contributed by atoms with Crippen LogP contribution in [-0.4, -0.2) is 25.7 Å². The van der Waals surface area contributed by atoms with E-state index in [-0.39, 0.29) is 11.0 Å². The number of nitrogens with zero attached hydrogens (tertiary/aromatic N) is 4. The van der Waals surface area contributed by atoms with Gasteiger partial charge in [0.25, 0.3) is 5.91 Å². The summed E-state index contributed by atoms with van der Waals surface area (Å²) in [6.07, 6.45) is 1.49. The molecular formula is C16H14ClN5O. The molecule has 0 saturated heterocycles. The first kappa shape index (κ1) is 15.2. The molecule has 3 aromatic rings. The molecule has 2 heterocycles. The predicted molar refractivity (Wildman–Crippen MR) is 88.0 cm³/mol. The molecule has 23 heavy (non-hydrogen) atoms. The molecule has 0 saturated carbocycles. The van der Waals surface area contributed by atoms with Gasteiger partial charge in [-0.2, -0.15) is 0 Å². The quantitative estimate of drug-likeness (QED) is 0.750. The molecule has 0 aliphatic rings. The highest BCUT2D eigenvalue weighted by atomic mass is 35.5. The Hall–Kier alpha value is -2.73. The first-order chi connectivity index (χ1) is 11.0. The van der Waals surface area contributed by atoms with E-state index in [1.54, 1.807) is 0 Å². The molecule has 0 aliphatic heterocycles. The number of amides is 1. The summed E-state index contributed by atoms with van der Waals surface area (Å²) in [6.45, 7) is 3.69. The monoisotopic (exact) mass is 327 g/mol. The van der Waals surface area contributed by atoms with Gasteiger partial charge in [0.15, 0.2) is 5.15 Å². The number of benzene rings is 1. The highest BCUT2D eigenvalue weighted by Gasteiger charge is 2.16. The van der Waals surface area contributed by atoms with Crippen LogP contribution in [0, 0.1) is 13.8 Å². The predicted octanol–water partition coefficient (Wildman–Crippen LogP) is 3.18. The van der Waals surface area contributed by atoms with Gasteiger partial charge in [-0.15, -0.1) is 5.10 Å². The maximum atomic E-state index is 12.3. The number of aromatic nitrogens is 4. The van der Waals surface area contributed by atoms with E-state index in [1.165, 1.54) is 11.0 Å². The summed E-state index contributed by atoms with van der Waals surface area (Å²) in [5, 5.41) is 7.15. The van der Waals surface area contributed by atoms with Crippen molar-refractivity contribution in [2.24, 2.45) is 0 Å². The molecule has 0 fully saturated rings. The van der Waals surface area contributed by atoms with Crippen molar-refractivity contribution >= 4 is 23.2 Å². The minimum atomic E-state index is -0.435. The Morgan fingerprint density at radius 2 is 1.96 bits per heavy atom. The molecular weight excluding hydrogens is 314 g/mol. The summed E-state index contributed by atoms with van der Waals surface area (Å²) in [6, 6.07) is 11.3. The van der Waals surface area contributed by atoms with E-state index in [0.717, 1.165) is 16.9 Å². The van der Waals surface area contributed by atoms with Crippen molar-refractivity contribution in [3.8, 4) is 5.69 Å². The van der Waals surface area contributed by atoms with Crippen LogP contribution in [0.3, 0.4) is 0 Å². The van der Waals surface area contributed by atoms with Crippen LogP contribution in [0.2, 0.25) is 5.15 Å². The second-order valence-electron chi connectivity index (χ2n) is 5.05. The van der Waals surface area contributed by atoms with Crippen molar-refractivity contribution in [1.82, 2.24) is 19.7 Å². The molecule has 0 atom stereocenters. The molecule has 1 N–H and O–H groups in total. The van der Waals surface area contributed by atoms with Crippen molar-refractivity contribution in [2.75, 3.05) is 5.32 Å². The first-order valence-electron chi connectivity index (χ1n) is 6.97. The third-order valence-corrected chi connectivity index (χ3v) is 3.53. The fourth-order valence-corrected chi connectivity index (χ4v) is 2.51. The van der Waals surface area contributed by atoms with Gasteiger partial charge >= 0.3 is 0 Å². The van der Waals surface area contributed by atoms with Crippen molar-refractivity contribution in [3.63, 3.8) is 0 Å². The number of aryl methyl sites for hydroxylation is 2. The van der Waals surface area contributed by atoms with Gasteiger partial charge in [0.05, 0.1) is 11.4 Å². The molecule has 7 heteroatoms. The van der Waals surface area contributed by atoms with E-state index in [4.69, 9.17) is 11.6 Å². The van der Waals surface area contributed by atoms with Crippen LogP contribution in [0.1, 0.15) is 21.9 Å². The van der Waals surface area contributed by atoms with Crippen molar-refractivity contribution in [2.45, 2.75) is 13.8 Å². The molecule has 2 aromatic heterocycles. The van der Waals surface area contributed by atoms with Crippen LogP contribution >= 0.6 is 11.6 Å². The summed E-state index contributed by atoms with van der Waals surface area (Å²) in [4.78, 5) is 20.5. The second-order valence-corrected chi connectivity index (χ2v) is 5.41. The topological polar surface area (TPSA) is 72.7 Å². The fraction of sp³-hybridized carbons (Fsp3) is 0.125. The number of hydrogen-bond acceptors (Lipinski definition) is 4.